The highest BCUT2D eigenvalue weighted by molar-refractivity contribution is 5.41. The lowest BCUT2D eigenvalue weighted by molar-refractivity contribution is 0.138. The van der Waals surface area contributed by atoms with Gasteiger partial charge in [-0.15, -0.1) is 0 Å². The van der Waals surface area contributed by atoms with Gasteiger partial charge in [-0.05, 0) is 11.1 Å². The molecule has 2 rings (SSSR count). The molecular weight excluding hydrogens is 276 g/mol. The van der Waals surface area contributed by atoms with Crippen molar-refractivity contribution in [2.45, 2.75) is 17.9 Å². The first kappa shape index (κ1) is 16.3. The predicted molar refractivity (Wildman–Crippen MR) is 86.2 cm³/mol. The Hall–Kier alpha value is -2.12. The van der Waals surface area contributed by atoms with E-state index in [1.54, 1.807) is 0 Å². The van der Waals surface area contributed by atoms with Crippen molar-refractivity contribution in [1.82, 2.24) is 0 Å². The molecule has 0 bridgehead atoms. The Kier molecular flexibility index (Phi) is 5.74. The van der Waals surface area contributed by atoms with Crippen LogP contribution in [-0.2, 0) is 5.41 Å². The highest BCUT2D eigenvalue weighted by atomic mass is 16.3. The Morgan fingerprint density at radius 3 is 1.77 bits per heavy atom. The molecule has 0 heterocycles. The number of aliphatic hydroxyl groups is 3. The maximum Gasteiger partial charge on any atom is 0.137 e. The van der Waals surface area contributed by atoms with E-state index in [9.17, 15) is 10.2 Å². The van der Waals surface area contributed by atoms with Crippen LogP contribution in [0.1, 0.15) is 17.5 Å². The van der Waals surface area contributed by atoms with E-state index in [0.29, 0.717) is 6.42 Å². The van der Waals surface area contributed by atoms with E-state index >= 15 is 0 Å². The van der Waals surface area contributed by atoms with Gasteiger partial charge < -0.3 is 15.3 Å². The van der Waals surface area contributed by atoms with Crippen LogP contribution in [0.5, 0.6) is 0 Å². The van der Waals surface area contributed by atoms with Crippen molar-refractivity contribution in [3.8, 4) is 11.8 Å². The van der Waals surface area contributed by atoms with Crippen LogP contribution in [-0.4, -0.2) is 34.6 Å². The normalized spacial score (nSPS) is 12.3. The largest absolute Gasteiger partial charge is 0.395 e. The lowest BCUT2D eigenvalue weighted by atomic mass is 9.73. The molecule has 114 valence electrons. The van der Waals surface area contributed by atoms with Gasteiger partial charge in [0.15, 0.2) is 0 Å². The van der Waals surface area contributed by atoms with Crippen LogP contribution < -0.4 is 0 Å². The summed E-state index contributed by atoms with van der Waals surface area (Å²) in [6, 6.07) is 19.4. The van der Waals surface area contributed by atoms with E-state index in [4.69, 9.17) is 5.11 Å². The van der Waals surface area contributed by atoms with Crippen molar-refractivity contribution in [3.05, 3.63) is 71.8 Å². The fourth-order valence-electron chi connectivity index (χ4n) is 2.49. The molecule has 0 aliphatic heterocycles. The van der Waals surface area contributed by atoms with Gasteiger partial charge in [-0.2, -0.15) is 0 Å². The first-order chi connectivity index (χ1) is 10.7. The van der Waals surface area contributed by atoms with Crippen LogP contribution in [0.3, 0.4) is 0 Å². The lowest BCUT2D eigenvalue weighted by Crippen LogP contribution is -2.31. The van der Waals surface area contributed by atoms with Crippen molar-refractivity contribution in [3.63, 3.8) is 0 Å². The minimum atomic E-state index is -1.05. The summed E-state index contributed by atoms with van der Waals surface area (Å²) in [5.41, 5.74) is 1.29. The predicted octanol–water partition coefficient (Wildman–Crippen LogP) is 1.71. The summed E-state index contributed by atoms with van der Waals surface area (Å²) < 4.78 is 0. The molecule has 3 nitrogen and oxygen atoms in total. The molecule has 0 aliphatic rings. The van der Waals surface area contributed by atoms with Crippen LogP contribution in [0.25, 0.3) is 0 Å². The van der Waals surface area contributed by atoms with Crippen LogP contribution in [0.15, 0.2) is 60.7 Å². The summed E-state index contributed by atoms with van der Waals surface area (Å²) in [5, 5.41) is 28.4. The van der Waals surface area contributed by atoms with Gasteiger partial charge in [0.2, 0.25) is 0 Å². The molecule has 0 aliphatic carbocycles. The molecule has 0 aromatic heterocycles. The molecule has 2 aromatic carbocycles. The molecule has 0 fully saturated rings. The highest BCUT2D eigenvalue weighted by Crippen LogP contribution is 2.35. The second-order valence-corrected chi connectivity index (χ2v) is 5.17. The third kappa shape index (κ3) is 3.55. The van der Waals surface area contributed by atoms with Gasteiger partial charge in [-0.25, -0.2) is 0 Å². The van der Waals surface area contributed by atoms with Gasteiger partial charge in [0.05, 0.1) is 18.6 Å². The SMILES string of the molecule is OCC(O)C#CCC(CO)(c1ccccc1)c1ccccc1. The lowest BCUT2D eigenvalue weighted by Gasteiger charge is -2.31. The minimum absolute atomic E-state index is 0.0923. The van der Waals surface area contributed by atoms with Gasteiger partial charge in [-0.1, -0.05) is 72.5 Å². The Morgan fingerprint density at radius 2 is 1.36 bits per heavy atom. The van der Waals surface area contributed by atoms with Crippen LogP contribution in [0.2, 0.25) is 0 Å². The molecule has 0 amide bonds. The molecule has 2 aromatic rings. The Bertz CT molecular complexity index is 586. The average molecular weight is 296 g/mol. The van der Waals surface area contributed by atoms with Crippen molar-refractivity contribution in [2.24, 2.45) is 0 Å². The monoisotopic (exact) mass is 296 g/mol. The molecule has 0 saturated carbocycles. The van der Waals surface area contributed by atoms with Gasteiger partial charge in [0.25, 0.3) is 0 Å². The Morgan fingerprint density at radius 1 is 0.864 bits per heavy atom. The number of rotatable bonds is 5. The molecule has 3 heteroatoms. The van der Waals surface area contributed by atoms with Gasteiger partial charge in [0.1, 0.15) is 6.10 Å². The van der Waals surface area contributed by atoms with Crippen LogP contribution in [0, 0.1) is 11.8 Å². The number of hydrogen-bond acceptors (Lipinski definition) is 3. The summed E-state index contributed by atoms with van der Waals surface area (Å²) in [5.74, 6) is 5.51. The molecule has 1 atom stereocenters. The molecule has 0 radical (unpaired) electrons. The van der Waals surface area contributed by atoms with E-state index < -0.39 is 18.1 Å². The molecule has 1 unspecified atom stereocenters. The second-order valence-electron chi connectivity index (χ2n) is 5.17. The Labute approximate surface area is 130 Å². The van der Waals surface area contributed by atoms with Gasteiger partial charge in [0, 0.05) is 6.42 Å². The molecule has 3 N–H and O–H groups in total. The summed E-state index contributed by atoms with van der Waals surface area (Å²) in [7, 11) is 0. The third-order valence-corrected chi connectivity index (χ3v) is 3.75. The van der Waals surface area contributed by atoms with E-state index in [1.165, 1.54) is 0 Å². The number of hydrogen-bond donors (Lipinski definition) is 3. The molecular formula is C19H20O3. The quantitative estimate of drug-likeness (QED) is 0.736. The maximum atomic E-state index is 10.1. The first-order valence-electron chi connectivity index (χ1n) is 7.22. The van der Waals surface area contributed by atoms with Crippen molar-refractivity contribution in [1.29, 1.82) is 0 Å². The second kappa shape index (κ2) is 7.77. The molecule has 0 saturated heterocycles. The van der Waals surface area contributed by atoms with Crippen molar-refractivity contribution in [2.75, 3.05) is 13.2 Å². The van der Waals surface area contributed by atoms with Crippen LogP contribution >= 0.6 is 0 Å². The average Bonchev–Trinajstić information content (AvgIpc) is 2.60. The third-order valence-electron chi connectivity index (χ3n) is 3.75. The summed E-state index contributed by atoms with van der Waals surface area (Å²) in [4.78, 5) is 0. The summed E-state index contributed by atoms with van der Waals surface area (Å²) in [6.07, 6.45) is -0.697. The fraction of sp³-hybridized carbons (Fsp3) is 0.263. The van der Waals surface area contributed by atoms with Crippen LogP contribution in [0.4, 0.5) is 0 Å². The zero-order valence-electron chi connectivity index (χ0n) is 12.3. The summed E-state index contributed by atoms with van der Waals surface area (Å²) >= 11 is 0. The van der Waals surface area contributed by atoms with E-state index in [0.717, 1.165) is 11.1 Å². The number of benzene rings is 2. The first-order valence-corrected chi connectivity index (χ1v) is 7.22. The molecule has 0 spiro atoms. The van der Waals surface area contributed by atoms with E-state index in [2.05, 4.69) is 11.8 Å². The zero-order chi connectivity index (χ0) is 15.8. The van der Waals surface area contributed by atoms with Gasteiger partial charge >= 0.3 is 0 Å². The zero-order valence-corrected chi connectivity index (χ0v) is 12.3. The van der Waals surface area contributed by atoms with Crippen molar-refractivity contribution >= 4 is 0 Å². The maximum absolute atomic E-state index is 10.1. The molecule has 22 heavy (non-hydrogen) atoms. The van der Waals surface area contributed by atoms with Gasteiger partial charge in [-0.3, -0.25) is 0 Å². The topological polar surface area (TPSA) is 60.7 Å². The fourth-order valence-corrected chi connectivity index (χ4v) is 2.49. The van der Waals surface area contributed by atoms with Crippen molar-refractivity contribution < 1.29 is 15.3 Å². The smallest absolute Gasteiger partial charge is 0.137 e. The minimum Gasteiger partial charge on any atom is -0.395 e. The van der Waals surface area contributed by atoms with E-state index in [1.807, 2.05) is 60.7 Å². The summed E-state index contributed by atoms with van der Waals surface area (Å²) in [6.45, 7) is -0.485. The highest BCUT2D eigenvalue weighted by Gasteiger charge is 2.32. The Balaban J connectivity index is 2.45. The number of aliphatic hydroxyl groups excluding tert-OH is 3. The standard InChI is InChI=1S/C19H20O3/c20-14-18(22)12-7-13-19(15-21,16-8-3-1-4-9-16)17-10-5-2-6-11-17/h1-6,8-11,18,20-22H,13-15H2. The van der Waals surface area contributed by atoms with E-state index in [-0.39, 0.29) is 6.61 Å².